The molecule has 2 aliphatic rings. The van der Waals surface area contributed by atoms with Gasteiger partial charge in [-0.05, 0) is 73.1 Å². The second-order valence-electron chi connectivity index (χ2n) is 12.6. The molecule has 1 saturated carbocycles. The summed E-state index contributed by atoms with van der Waals surface area (Å²) in [5.74, 6) is 1.15. The highest BCUT2D eigenvalue weighted by atomic mass is 16.6. The Hall–Kier alpha value is -3.74. The van der Waals surface area contributed by atoms with E-state index in [1.165, 1.54) is 6.33 Å². The molecule has 3 unspecified atom stereocenters. The maximum atomic E-state index is 13.3. The lowest BCUT2D eigenvalue weighted by Crippen LogP contribution is -2.33. The zero-order valence-corrected chi connectivity index (χ0v) is 25.5. The Morgan fingerprint density at radius 3 is 2.69 bits per heavy atom. The molecular weight excluding hydrogens is 538 g/mol. The molecule has 0 spiro atoms. The van der Waals surface area contributed by atoms with Crippen molar-refractivity contribution in [2.75, 3.05) is 30.4 Å². The molecule has 228 valence electrons. The normalized spacial score (nSPS) is 21.1. The van der Waals surface area contributed by atoms with Crippen LogP contribution in [0.2, 0.25) is 0 Å². The summed E-state index contributed by atoms with van der Waals surface area (Å²) in [6.07, 6.45) is 8.01. The largest absolute Gasteiger partial charge is 0.446 e. The number of aromatic nitrogens is 6. The first-order valence-electron chi connectivity index (χ1n) is 14.9. The van der Waals surface area contributed by atoms with Crippen LogP contribution in [-0.2, 0) is 19.8 Å². The van der Waals surface area contributed by atoms with Gasteiger partial charge in [-0.1, -0.05) is 0 Å². The van der Waals surface area contributed by atoms with Crippen molar-refractivity contribution in [3.05, 3.63) is 24.4 Å². The third-order valence-corrected chi connectivity index (χ3v) is 7.66. The highest BCUT2D eigenvalue weighted by Crippen LogP contribution is 2.37. The Morgan fingerprint density at radius 2 is 1.98 bits per heavy atom. The van der Waals surface area contributed by atoms with Gasteiger partial charge in [0.05, 0.1) is 24.1 Å². The minimum Gasteiger partial charge on any atom is -0.446 e. The number of hydrogen-bond acceptors (Lipinski definition) is 9. The fraction of sp³-hybridized carbons (Fsp3) is 0.655. The fourth-order valence-corrected chi connectivity index (χ4v) is 5.68. The summed E-state index contributed by atoms with van der Waals surface area (Å²) < 4.78 is 15.3. The molecule has 2 fully saturated rings. The topological polar surface area (TPSA) is 141 Å². The molecule has 2 N–H and O–H groups in total. The molecule has 1 aliphatic heterocycles. The van der Waals surface area contributed by atoms with E-state index in [9.17, 15) is 9.59 Å². The van der Waals surface area contributed by atoms with Crippen LogP contribution in [0.4, 0.5) is 16.4 Å². The van der Waals surface area contributed by atoms with Crippen LogP contribution < -0.4 is 15.5 Å². The van der Waals surface area contributed by atoms with Crippen molar-refractivity contribution >= 4 is 34.8 Å². The summed E-state index contributed by atoms with van der Waals surface area (Å²) >= 11 is 0. The Labute approximate surface area is 246 Å². The molecule has 0 aromatic carbocycles. The second kappa shape index (κ2) is 12.2. The van der Waals surface area contributed by atoms with Gasteiger partial charge in [0, 0.05) is 31.7 Å². The minimum absolute atomic E-state index is 0.0243. The third-order valence-electron chi connectivity index (χ3n) is 7.66. The van der Waals surface area contributed by atoms with Crippen molar-refractivity contribution in [3.8, 4) is 0 Å². The summed E-state index contributed by atoms with van der Waals surface area (Å²) in [6.45, 7) is 10.7. The Morgan fingerprint density at radius 1 is 1.17 bits per heavy atom. The molecule has 2 amide bonds. The molecule has 0 radical (unpaired) electrons. The number of nitrogens with zero attached hydrogens (tertiary/aromatic N) is 7. The van der Waals surface area contributed by atoms with Crippen molar-refractivity contribution in [3.63, 3.8) is 0 Å². The maximum absolute atomic E-state index is 13.3. The Bertz CT molecular complexity index is 1400. The first kappa shape index (κ1) is 29.7. The standard InChI is InChI=1S/C29H43N9O4/c1-18(2)33-28(40)42-20-11-10-19(13-20)21-14-22(38(35-21)29(3,4)5)34-23(39)15-36(6)26-25-27(31-16-30-26)37(17-32-25)24-9-7-8-12-41-24/h14,16-20,24H,7-13,15H2,1-6H3,(H,33,40)(H,34,39). The number of anilines is 2. The van der Waals surface area contributed by atoms with Crippen LogP contribution in [0.5, 0.6) is 0 Å². The van der Waals surface area contributed by atoms with Crippen LogP contribution in [-0.4, -0.2) is 73.6 Å². The first-order valence-corrected chi connectivity index (χ1v) is 14.9. The summed E-state index contributed by atoms with van der Waals surface area (Å²) in [4.78, 5) is 40.6. The molecule has 5 rings (SSSR count). The van der Waals surface area contributed by atoms with Gasteiger partial charge in [-0.25, -0.2) is 24.4 Å². The summed E-state index contributed by atoms with van der Waals surface area (Å²) in [7, 11) is 1.82. The Balaban J connectivity index is 1.27. The smallest absolute Gasteiger partial charge is 0.407 e. The van der Waals surface area contributed by atoms with Gasteiger partial charge in [0.25, 0.3) is 0 Å². The van der Waals surface area contributed by atoms with Crippen LogP contribution in [0.15, 0.2) is 18.7 Å². The molecule has 3 aromatic heterocycles. The van der Waals surface area contributed by atoms with Crippen LogP contribution >= 0.6 is 0 Å². The van der Waals surface area contributed by atoms with Crippen LogP contribution in [0.1, 0.15) is 91.0 Å². The average molecular weight is 582 g/mol. The first-order chi connectivity index (χ1) is 20.0. The van der Waals surface area contributed by atoms with E-state index >= 15 is 0 Å². The van der Waals surface area contributed by atoms with Crippen LogP contribution in [0.3, 0.4) is 0 Å². The molecule has 13 nitrogen and oxygen atoms in total. The van der Waals surface area contributed by atoms with E-state index in [-0.39, 0.29) is 48.4 Å². The lowest BCUT2D eigenvalue weighted by atomic mass is 10.0. The van der Waals surface area contributed by atoms with Crippen molar-refractivity contribution in [2.45, 2.75) is 103 Å². The molecule has 3 aromatic rings. The summed E-state index contributed by atoms with van der Waals surface area (Å²) in [5, 5.41) is 10.7. The Kier molecular flexibility index (Phi) is 8.67. The lowest BCUT2D eigenvalue weighted by Gasteiger charge is -2.24. The van der Waals surface area contributed by atoms with Gasteiger partial charge in [-0.15, -0.1) is 0 Å². The van der Waals surface area contributed by atoms with Gasteiger partial charge in [-0.2, -0.15) is 5.10 Å². The van der Waals surface area contributed by atoms with E-state index in [0.717, 1.165) is 44.4 Å². The van der Waals surface area contributed by atoms with E-state index < -0.39 is 0 Å². The molecule has 3 atom stereocenters. The predicted molar refractivity (Wildman–Crippen MR) is 158 cm³/mol. The molecule has 1 aliphatic carbocycles. The van der Waals surface area contributed by atoms with E-state index in [1.54, 1.807) is 11.2 Å². The summed E-state index contributed by atoms with van der Waals surface area (Å²) in [6, 6.07) is 1.97. The molecule has 42 heavy (non-hydrogen) atoms. The third kappa shape index (κ3) is 6.66. The second-order valence-corrected chi connectivity index (χ2v) is 12.6. The van der Waals surface area contributed by atoms with E-state index in [4.69, 9.17) is 14.6 Å². The zero-order valence-electron chi connectivity index (χ0n) is 25.5. The number of carbonyl (C=O) groups is 2. The number of likely N-dealkylation sites (N-methyl/N-ethyl adjacent to an activating group) is 1. The number of nitrogens with one attached hydrogen (secondary N) is 2. The number of fused-ring (bicyclic) bond motifs is 1. The fourth-order valence-electron chi connectivity index (χ4n) is 5.68. The van der Waals surface area contributed by atoms with Crippen molar-refractivity contribution in [2.24, 2.45) is 0 Å². The number of hydrogen-bond donors (Lipinski definition) is 2. The van der Waals surface area contributed by atoms with Crippen molar-refractivity contribution in [1.82, 2.24) is 34.6 Å². The lowest BCUT2D eigenvalue weighted by molar-refractivity contribution is -0.115. The quantitative estimate of drug-likeness (QED) is 0.398. The molecule has 13 heteroatoms. The molecule has 1 saturated heterocycles. The minimum atomic E-state index is -0.386. The monoisotopic (exact) mass is 581 g/mol. The number of ether oxygens (including phenoxy) is 2. The number of alkyl carbamates (subject to hydrolysis) is 1. The maximum Gasteiger partial charge on any atom is 0.407 e. The van der Waals surface area contributed by atoms with Crippen molar-refractivity contribution < 1.29 is 19.1 Å². The van der Waals surface area contributed by atoms with Gasteiger partial charge in [0.2, 0.25) is 5.91 Å². The SMILES string of the molecule is CC(C)NC(=O)OC1CCC(c2cc(NC(=O)CN(C)c3ncnc4c3ncn4C3CCCCO3)n(C(C)(C)C)n2)C1. The van der Waals surface area contributed by atoms with Crippen LogP contribution in [0.25, 0.3) is 11.2 Å². The summed E-state index contributed by atoms with van der Waals surface area (Å²) in [5.41, 5.74) is 1.85. The molecular formula is C29H43N9O4. The number of imidazole rings is 1. The molecule has 0 bridgehead atoms. The number of amides is 2. The van der Waals surface area contributed by atoms with Gasteiger partial charge in [0.1, 0.15) is 24.5 Å². The van der Waals surface area contributed by atoms with Gasteiger partial charge in [0.15, 0.2) is 17.0 Å². The molecule has 4 heterocycles. The van der Waals surface area contributed by atoms with E-state index in [1.807, 2.05) is 57.0 Å². The van der Waals surface area contributed by atoms with Gasteiger partial charge < -0.3 is 25.0 Å². The van der Waals surface area contributed by atoms with Gasteiger partial charge >= 0.3 is 6.09 Å². The zero-order chi connectivity index (χ0) is 30.0. The highest BCUT2D eigenvalue weighted by molar-refractivity contribution is 5.94. The number of rotatable bonds is 8. The van der Waals surface area contributed by atoms with E-state index in [0.29, 0.717) is 29.2 Å². The highest BCUT2D eigenvalue weighted by Gasteiger charge is 2.32. The van der Waals surface area contributed by atoms with Gasteiger partial charge in [-0.3, -0.25) is 9.36 Å². The number of carbonyl (C=O) groups excluding carboxylic acids is 2. The van der Waals surface area contributed by atoms with E-state index in [2.05, 4.69) is 25.6 Å². The average Bonchev–Trinajstić information content (AvgIpc) is 3.66. The predicted octanol–water partition coefficient (Wildman–Crippen LogP) is 4.32. The van der Waals surface area contributed by atoms with Crippen LogP contribution in [0, 0.1) is 0 Å². The van der Waals surface area contributed by atoms with Crippen molar-refractivity contribution in [1.29, 1.82) is 0 Å².